The first-order valence-corrected chi connectivity index (χ1v) is 7.66. The van der Waals surface area contributed by atoms with E-state index >= 15 is 0 Å². The summed E-state index contributed by atoms with van der Waals surface area (Å²) in [5.74, 6) is -1.53. The van der Waals surface area contributed by atoms with Crippen LogP contribution < -0.4 is 5.32 Å². The normalized spacial score (nSPS) is 24.7. The lowest BCUT2D eigenvalue weighted by Crippen LogP contribution is -2.50. The van der Waals surface area contributed by atoms with Gasteiger partial charge in [0.2, 0.25) is 0 Å². The summed E-state index contributed by atoms with van der Waals surface area (Å²) in [6, 6.07) is -0.573. The van der Waals surface area contributed by atoms with Gasteiger partial charge >= 0.3 is 12.0 Å². The number of hydrogen-bond donors (Lipinski definition) is 2. The third kappa shape index (κ3) is 3.97. The van der Waals surface area contributed by atoms with Crippen LogP contribution in [0.25, 0.3) is 0 Å². The molecule has 2 amide bonds. The number of nitrogens with one attached hydrogen (secondary N) is 1. The van der Waals surface area contributed by atoms with Crippen molar-refractivity contribution < 1.29 is 19.4 Å². The van der Waals surface area contributed by atoms with Crippen LogP contribution in [0.5, 0.6) is 0 Å². The molecule has 1 fully saturated rings. The quantitative estimate of drug-likeness (QED) is 0.730. The van der Waals surface area contributed by atoms with Gasteiger partial charge < -0.3 is 20.1 Å². The fourth-order valence-corrected chi connectivity index (χ4v) is 3.01. The minimum Gasteiger partial charge on any atom is -0.481 e. The highest BCUT2D eigenvalue weighted by Crippen LogP contribution is 2.21. The van der Waals surface area contributed by atoms with Crippen LogP contribution in [0.15, 0.2) is 11.6 Å². The molecule has 0 bridgehead atoms. The molecular weight excluding hydrogens is 272 g/mol. The lowest BCUT2D eigenvalue weighted by Gasteiger charge is -2.29. The minimum atomic E-state index is -0.903. The molecule has 0 radical (unpaired) electrons. The van der Waals surface area contributed by atoms with Gasteiger partial charge in [0, 0.05) is 13.1 Å². The Balaban J connectivity index is 1.84. The number of hydrogen-bond acceptors (Lipinski definition) is 3. The highest BCUT2D eigenvalue weighted by molar-refractivity contribution is 5.77. The van der Waals surface area contributed by atoms with Gasteiger partial charge in [-0.15, -0.1) is 0 Å². The lowest BCUT2D eigenvalue weighted by atomic mass is 10.0. The number of allylic oxidation sites excluding steroid dienone is 1. The molecule has 2 aliphatic rings. The third-order valence-electron chi connectivity index (χ3n) is 4.23. The number of amides is 2. The maximum atomic E-state index is 12.3. The molecule has 2 unspecified atom stereocenters. The van der Waals surface area contributed by atoms with Crippen molar-refractivity contribution in [3.8, 4) is 0 Å². The van der Waals surface area contributed by atoms with Gasteiger partial charge in [-0.05, 0) is 32.6 Å². The van der Waals surface area contributed by atoms with Crippen LogP contribution in [0, 0.1) is 5.92 Å². The molecule has 2 rings (SSSR count). The van der Waals surface area contributed by atoms with Crippen LogP contribution in [0.3, 0.4) is 0 Å². The predicted molar refractivity (Wildman–Crippen MR) is 78.1 cm³/mol. The number of rotatable bonds is 6. The zero-order valence-corrected chi connectivity index (χ0v) is 12.5. The average Bonchev–Trinajstić information content (AvgIpc) is 3.10. The summed E-state index contributed by atoms with van der Waals surface area (Å²) in [6.07, 6.45) is 6.61. The minimum absolute atomic E-state index is 0.177. The van der Waals surface area contributed by atoms with Gasteiger partial charge in [-0.25, -0.2) is 4.79 Å². The maximum Gasteiger partial charge on any atom is 0.317 e. The van der Waals surface area contributed by atoms with Crippen LogP contribution in [0.4, 0.5) is 4.79 Å². The van der Waals surface area contributed by atoms with E-state index in [1.54, 1.807) is 4.90 Å². The maximum absolute atomic E-state index is 12.3. The van der Waals surface area contributed by atoms with Crippen LogP contribution >= 0.6 is 0 Å². The molecule has 2 N–H and O–H groups in total. The Morgan fingerprint density at radius 2 is 2.29 bits per heavy atom. The monoisotopic (exact) mass is 296 g/mol. The van der Waals surface area contributed by atoms with E-state index in [9.17, 15) is 14.7 Å². The highest BCUT2D eigenvalue weighted by atomic mass is 16.5. The average molecular weight is 296 g/mol. The molecule has 6 heteroatoms. The van der Waals surface area contributed by atoms with Crippen LogP contribution in [-0.4, -0.2) is 54.4 Å². The zero-order chi connectivity index (χ0) is 15.2. The molecule has 1 heterocycles. The Bertz CT molecular complexity index is 422. The molecule has 0 spiro atoms. The summed E-state index contributed by atoms with van der Waals surface area (Å²) in [5, 5.41) is 12.1. The second-order valence-corrected chi connectivity index (χ2v) is 5.57. The van der Waals surface area contributed by atoms with E-state index in [0.717, 1.165) is 19.3 Å². The van der Waals surface area contributed by atoms with Crippen molar-refractivity contribution in [2.24, 2.45) is 5.92 Å². The molecule has 0 aromatic heterocycles. The first-order valence-electron chi connectivity index (χ1n) is 7.66. The van der Waals surface area contributed by atoms with Gasteiger partial charge in [-0.3, -0.25) is 4.79 Å². The summed E-state index contributed by atoms with van der Waals surface area (Å²) < 4.78 is 5.24. The molecule has 0 saturated carbocycles. The fraction of sp³-hybridized carbons (Fsp3) is 0.733. The topological polar surface area (TPSA) is 78.9 Å². The van der Waals surface area contributed by atoms with Crippen LogP contribution in [0.1, 0.15) is 32.6 Å². The van der Waals surface area contributed by atoms with E-state index in [0.29, 0.717) is 19.7 Å². The second kappa shape index (κ2) is 7.45. The number of likely N-dealkylation sites (N-methyl/N-ethyl adjacent to an activating group) is 1. The lowest BCUT2D eigenvalue weighted by molar-refractivity contribution is -0.142. The Morgan fingerprint density at radius 3 is 2.90 bits per heavy atom. The van der Waals surface area contributed by atoms with Crippen molar-refractivity contribution in [2.75, 3.05) is 26.3 Å². The molecule has 1 aliphatic carbocycles. The number of carboxylic acids is 1. The van der Waals surface area contributed by atoms with Crippen molar-refractivity contribution in [1.82, 2.24) is 10.2 Å². The molecule has 6 nitrogen and oxygen atoms in total. The standard InChI is InChI=1S/C15H24N2O4/c1-2-17(13-10-21-9-12(13)14(18)19)15(20)16-8-7-11-5-3-4-6-11/h5,12-13H,2-4,6-10H2,1H3,(H,16,20)(H,18,19). The molecule has 118 valence electrons. The van der Waals surface area contributed by atoms with E-state index in [4.69, 9.17) is 4.74 Å². The Hall–Kier alpha value is -1.56. The van der Waals surface area contributed by atoms with Crippen molar-refractivity contribution in [3.05, 3.63) is 11.6 Å². The predicted octanol–water partition coefficient (Wildman–Crippen LogP) is 1.62. The molecule has 0 aromatic rings. The van der Waals surface area contributed by atoms with E-state index in [1.807, 2.05) is 6.92 Å². The zero-order valence-electron chi connectivity index (χ0n) is 12.5. The van der Waals surface area contributed by atoms with E-state index in [1.165, 1.54) is 12.0 Å². The van der Waals surface area contributed by atoms with Crippen molar-refractivity contribution in [3.63, 3.8) is 0 Å². The summed E-state index contributed by atoms with van der Waals surface area (Å²) in [4.78, 5) is 25.0. The Morgan fingerprint density at radius 1 is 1.48 bits per heavy atom. The summed E-state index contributed by atoms with van der Waals surface area (Å²) in [6.45, 7) is 3.41. The fourth-order valence-electron chi connectivity index (χ4n) is 3.01. The largest absolute Gasteiger partial charge is 0.481 e. The number of nitrogens with zero attached hydrogens (tertiary/aromatic N) is 1. The number of carboxylic acid groups (broad SMARTS) is 1. The van der Waals surface area contributed by atoms with Crippen LogP contribution in [-0.2, 0) is 9.53 Å². The van der Waals surface area contributed by atoms with E-state index < -0.39 is 11.9 Å². The van der Waals surface area contributed by atoms with Gasteiger partial charge in [-0.2, -0.15) is 0 Å². The van der Waals surface area contributed by atoms with E-state index in [2.05, 4.69) is 11.4 Å². The van der Waals surface area contributed by atoms with Gasteiger partial charge in [-0.1, -0.05) is 11.6 Å². The third-order valence-corrected chi connectivity index (χ3v) is 4.23. The second-order valence-electron chi connectivity index (χ2n) is 5.57. The van der Waals surface area contributed by atoms with Crippen molar-refractivity contribution in [1.29, 1.82) is 0 Å². The van der Waals surface area contributed by atoms with Crippen molar-refractivity contribution in [2.45, 2.75) is 38.6 Å². The SMILES string of the molecule is CCN(C(=O)NCCC1=CCCC1)C1COCC1C(=O)O. The van der Waals surface area contributed by atoms with Gasteiger partial charge in [0.25, 0.3) is 0 Å². The molecular formula is C15H24N2O4. The van der Waals surface area contributed by atoms with Crippen LogP contribution in [0.2, 0.25) is 0 Å². The molecule has 2 atom stereocenters. The highest BCUT2D eigenvalue weighted by Gasteiger charge is 2.39. The number of carbonyl (C=O) groups excluding carboxylic acids is 1. The molecule has 21 heavy (non-hydrogen) atoms. The molecule has 1 saturated heterocycles. The number of aliphatic carboxylic acids is 1. The number of ether oxygens (including phenoxy) is 1. The van der Waals surface area contributed by atoms with E-state index in [-0.39, 0.29) is 18.7 Å². The Labute approximate surface area is 125 Å². The van der Waals surface area contributed by atoms with Gasteiger partial charge in [0.05, 0.1) is 19.3 Å². The first kappa shape index (κ1) is 15.8. The molecule has 0 aromatic carbocycles. The number of urea groups is 1. The number of carbonyl (C=O) groups is 2. The van der Waals surface area contributed by atoms with Crippen molar-refractivity contribution >= 4 is 12.0 Å². The summed E-state index contributed by atoms with van der Waals surface area (Å²) >= 11 is 0. The van der Waals surface area contributed by atoms with Gasteiger partial charge in [0.15, 0.2) is 0 Å². The smallest absolute Gasteiger partial charge is 0.317 e. The first-order chi connectivity index (χ1) is 10.1. The molecule has 1 aliphatic heterocycles. The summed E-state index contributed by atoms with van der Waals surface area (Å²) in [5.41, 5.74) is 1.41. The van der Waals surface area contributed by atoms with Gasteiger partial charge in [0.1, 0.15) is 5.92 Å². The summed E-state index contributed by atoms with van der Waals surface area (Å²) in [7, 11) is 0. The Kier molecular flexibility index (Phi) is 5.61.